The SMILES string of the molecule is Cl.O=C(NC1CCCNC1)c1cc(Cl)ccc1I. The standard InChI is InChI=1S/C12H14ClIN2O.ClH/c13-8-3-4-11(14)10(6-8)12(17)16-9-2-1-5-15-7-9;/h3-4,6,9,15H,1-2,5,7H2,(H,16,17);1H. The number of carbonyl (C=O) groups is 1. The Hall–Kier alpha value is -0.0400. The van der Waals surface area contributed by atoms with Crippen LogP contribution in [0, 0.1) is 3.57 Å². The Labute approximate surface area is 132 Å². The predicted octanol–water partition coefficient (Wildman–Crippen LogP) is 2.85. The molecule has 100 valence electrons. The average molecular weight is 401 g/mol. The smallest absolute Gasteiger partial charge is 0.252 e. The molecule has 0 aliphatic carbocycles. The lowest BCUT2D eigenvalue weighted by Crippen LogP contribution is -2.45. The summed E-state index contributed by atoms with van der Waals surface area (Å²) in [6.45, 7) is 1.89. The fraction of sp³-hybridized carbons (Fsp3) is 0.417. The first-order valence-corrected chi connectivity index (χ1v) is 7.09. The molecule has 2 N–H and O–H groups in total. The van der Waals surface area contributed by atoms with Crippen LogP contribution < -0.4 is 10.6 Å². The molecule has 18 heavy (non-hydrogen) atoms. The molecule has 0 saturated carbocycles. The van der Waals surface area contributed by atoms with Crippen LogP contribution >= 0.6 is 46.6 Å². The Morgan fingerprint density at radius 2 is 2.28 bits per heavy atom. The van der Waals surface area contributed by atoms with Crippen molar-refractivity contribution in [3.05, 3.63) is 32.4 Å². The van der Waals surface area contributed by atoms with Crippen molar-refractivity contribution in [2.45, 2.75) is 18.9 Å². The summed E-state index contributed by atoms with van der Waals surface area (Å²) in [7, 11) is 0. The zero-order valence-electron chi connectivity index (χ0n) is 9.71. The maximum atomic E-state index is 12.1. The van der Waals surface area contributed by atoms with Crippen LogP contribution in [0.5, 0.6) is 0 Å². The van der Waals surface area contributed by atoms with E-state index < -0.39 is 0 Å². The number of nitrogens with one attached hydrogen (secondary N) is 2. The van der Waals surface area contributed by atoms with E-state index in [1.54, 1.807) is 12.1 Å². The van der Waals surface area contributed by atoms with Gasteiger partial charge in [-0.2, -0.15) is 0 Å². The molecule has 1 fully saturated rings. The Morgan fingerprint density at radius 1 is 1.50 bits per heavy atom. The largest absolute Gasteiger partial charge is 0.348 e. The van der Waals surface area contributed by atoms with E-state index >= 15 is 0 Å². The second-order valence-corrected chi connectivity index (χ2v) is 5.74. The summed E-state index contributed by atoms with van der Waals surface area (Å²) in [5.74, 6) is -0.0365. The van der Waals surface area contributed by atoms with Crippen molar-refractivity contribution in [2.75, 3.05) is 13.1 Å². The molecule has 1 heterocycles. The molecule has 0 spiro atoms. The predicted molar refractivity (Wildman–Crippen MR) is 84.8 cm³/mol. The lowest BCUT2D eigenvalue weighted by molar-refractivity contribution is 0.0930. The molecule has 1 aliphatic heterocycles. The van der Waals surface area contributed by atoms with Gasteiger partial charge in [-0.3, -0.25) is 4.79 Å². The highest BCUT2D eigenvalue weighted by Crippen LogP contribution is 2.18. The Kier molecular flexibility index (Phi) is 6.70. The molecule has 6 heteroatoms. The molecule has 1 unspecified atom stereocenters. The molecule has 0 bridgehead atoms. The van der Waals surface area contributed by atoms with Gasteiger partial charge in [-0.15, -0.1) is 12.4 Å². The fourth-order valence-electron chi connectivity index (χ4n) is 1.91. The van der Waals surface area contributed by atoms with Gasteiger partial charge in [0.05, 0.1) is 5.56 Å². The molecule has 2 rings (SSSR count). The van der Waals surface area contributed by atoms with Gasteiger partial charge in [-0.1, -0.05) is 11.6 Å². The van der Waals surface area contributed by atoms with Crippen molar-refractivity contribution < 1.29 is 4.79 Å². The normalized spacial score (nSPS) is 18.9. The third-order valence-corrected chi connectivity index (χ3v) is 3.98. The van der Waals surface area contributed by atoms with Crippen LogP contribution in [0.25, 0.3) is 0 Å². The molecule has 1 aromatic carbocycles. The molecule has 1 atom stereocenters. The molecule has 1 amide bonds. The topological polar surface area (TPSA) is 41.1 Å². The number of rotatable bonds is 2. The third-order valence-electron chi connectivity index (χ3n) is 2.81. The number of piperidine rings is 1. The number of carbonyl (C=O) groups excluding carboxylic acids is 1. The molecule has 0 aromatic heterocycles. The highest BCUT2D eigenvalue weighted by molar-refractivity contribution is 14.1. The highest BCUT2D eigenvalue weighted by Gasteiger charge is 2.17. The lowest BCUT2D eigenvalue weighted by Gasteiger charge is -2.24. The van der Waals surface area contributed by atoms with E-state index in [0.29, 0.717) is 10.6 Å². The quantitative estimate of drug-likeness (QED) is 0.749. The number of amides is 1. The van der Waals surface area contributed by atoms with Gasteiger partial charge in [-0.05, 0) is 60.2 Å². The second-order valence-electron chi connectivity index (χ2n) is 4.14. The van der Waals surface area contributed by atoms with E-state index in [9.17, 15) is 4.79 Å². The molecular weight excluding hydrogens is 386 g/mol. The number of halogens is 3. The van der Waals surface area contributed by atoms with Crippen molar-refractivity contribution in [2.24, 2.45) is 0 Å². The summed E-state index contributed by atoms with van der Waals surface area (Å²) in [4.78, 5) is 12.1. The monoisotopic (exact) mass is 400 g/mol. The first-order chi connectivity index (χ1) is 8.16. The highest BCUT2D eigenvalue weighted by atomic mass is 127. The Morgan fingerprint density at radius 3 is 2.94 bits per heavy atom. The van der Waals surface area contributed by atoms with Gasteiger partial charge < -0.3 is 10.6 Å². The zero-order chi connectivity index (χ0) is 12.3. The van der Waals surface area contributed by atoms with Crippen LogP contribution in [-0.2, 0) is 0 Å². The summed E-state index contributed by atoms with van der Waals surface area (Å²) in [5.41, 5.74) is 0.656. The third kappa shape index (κ3) is 4.26. The number of benzene rings is 1. The van der Waals surface area contributed by atoms with E-state index in [1.165, 1.54) is 0 Å². The minimum atomic E-state index is -0.0365. The molecule has 1 aliphatic rings. The van der Waals surface area contributed by atoms with Gasteiger partial charge in [-0.25, -0.2) is 0 Å². The molecule has 1 aromatic rings. The fourth-order valence-corrected chi connectivity index (χ4v) is 2.66. The first kappa shape index (κ1) is 16.0. The number of hydrogen-bond donors (Lipinski definition) is 2. The van der Waals surface area contributed by atoms with Gasteiger partial charge in [0.25, 0.3) is 5.91 Å². The zero-order valence-corrected chi connectivity index (χ0v) is 13.4. The van der Waals surface area contributed by atoms with E-state index in [-0.39, 0.29) is 24.4 Å². The van der Waals surface area contributed by atoms with E-state index in [0.717, 1.165) is 29.5 Å². The van der Waals surface area contributed by atoms with Crippen LogP contribution in [0.1, 0.15) is 23.2 Å². The summed E-state index contributed by atoms with van der Waals surface area (Å²) >= 11 is 8.06. The maximum Gasteiger partial charge on any atom is 0.252 e. The van der Waals surface area contributed by atoms with Crippen LogP contribution in [0.3, 0.4) is 0 Å². The van der Waals surface area contributed by atoms with Crippen LogP contribution in [0.4, 0.5) is 0 Å². The van der Waals surface area contributed by atoms with Crippen LogP contribution in [0.2, 0.25) is 5.02 Å². The lowest BCUT2D eigenvalue weighted by atomic mass is 10.1. The minimum absolute atomic E-state index is 0. The van der Waals surface area contributed by atoms with E-state index in [4.69, 9.17) is 11.6 Å². The Bertz CT molecular complexity index is 423. The molecule has 1 saturated heterocycles. The van der Waals surface area contributed by atoms with Gasteiger partial charge in [0.1, 0.15) is 0 Å². The average Bonchev–Trinajstić information content (AvgIpc) is 2.33. The van der Waals surface area contributed by atoms with Gasteiger partial charge in [0, 0.05) is 21.2 Å². The van der Waals surface area contributed by atoms with E-state index in [1.807, 2.05) is 6.07 Å². The molecule has 0 radical (unpaired) electrons. The number of hydrogen-bond acceptors (Lipinski definition) is 2. The first-order valence-electron chi connectivity index (χ1n) is 5.63. The Balaban J connectivity index is 0.00000162. The summed E-state index contributed by atoms with van der Waals surface area (Å²) in [6, 6.07) is 5.60. The van der Waals surface area contributed by atoms with Crippen LogP contribution in [-0.4, -0.2) is 25.0 Å². The van der Waals surface area contributed by atoms with Crippen molar-refractivity contribution in [3.63, 3.8) is 0 Å². The van der Waals surface area contributed by atoms with E-state index in [2.05, 4.69) is 33.2 Å². The van der Waals surface area contributed by atoms with Crippen LogP contribution in [0.15, 0.2) is 18.2 Å². The van der Waals surface area contributed by atoms with Crippen molar-refractivity contribution >= 4 is 52.5 Å². The summed E-state index contributed by atoms with van der Waals surface area (Å²) in [5, 5.41) is 6.91. The van der Waals surface area contributed by atoms with Gasteiger partial charge in [0.2, 0.25) is 0 Å². The van der Waals surface area contributed by atoms with Crippen molar-refractivity contribution in [1.29, 1.82) is 0 Å². The summed E-state index contributed by atoms with van der Waals surface area (Å²) in [6.07, 6.45) is 2.15. The maximum absolute atomic E-state index is 12.1. The molecular formula is C12H15Cl2IN2O. The minimum Gasteiger partial charge on any atom is -0.348 e. The second kappa shape index (κ2) is 7.53. The van der Waals surface area contributed by atoms with Crippen molar-refractivity contribution in [3.8, 4) is 0 Å². The van der Waals surface area contributed by atoms with Crippen molar-refractivity contribution in [1.82, 2.24) is 10.6 Å². The van der Waals surface area contributed by atoms with Gasteiger partial charge >= 0.3 is 0 Å². The molecule has 3 nitrogen and oxygen atoms in total. The van der Waals surface area contributed by atoms with Gasteiger partial charge in [0.15, 0.2) is 0 Å². The summed E-state index contributed by atoms with van der Waals surface area (Å²) < 4.78 is 0.924.